The van der Waals surface area contributed by atoms with Gasteiger partial charge in [0.05, 0.1) is 52.9 Å². The first kappa shape index (κ1) is 26.3. The van der Waals surface area contributed by atoms with E-state index in [-0.39, 0.29) is 5.91 Å². The van der Waals surface area contributed by atoms with Crippen LogP contribution in [0.3, 0.4) is 0 Å². The van der Waals surface area contributed by atoms with E-state index in [2.05, 4.69) is 31.4 Å². The Kier molecular flexibility index (Phi) is 21.0. The summed E-state index contributed by atoms with van der Waals surface area (Å²) in [6.45, 7) is 12.5. The van der Waals surface area contributed by atoms with Crippen LogP contribution in [-0.4, -0.2) is 77.9 Å². The second-order valence-corrected chi connectivity index (χ2v) is 6.52. The van der Waals surface area contributed by atoms with Crippen LogP contribution in [0.25, 0.3) is 0 Å². The van der Waals surface area contributed by atoms with Gasteiger partial charge >= 0.3 is 0 Å². The number of carbonyl (C=O) groups is 1. The van der Waals surface area contributed by atoms with Crippen molar-refractivity contribution < 1.29 is 23.7 Å². The predicted octanol–water partition coefficient (Wildman–Crippen LogP) is 2.14. The molecule has 0 aromatic rings. The Morgan fingerprint density at radius 3 is 1.89 bits per heavy atom. The molecule has 162 valence electrons. The molecule has 0 radical (unpaired) electrons. The molecule has 0 aromatic heterocycles. The van der Waals surface area contributed by atoms with Gasteiger partial charge in [0, 0.05) is 25.6 Å². The third kappa shape index (κ3) is 21.4. The predicted molar refractivity (Wildman–Crippen MR) is 108 cm³/mol. The minimum absolute atomic E-state index is 0.0540. The van der Waals surface area contributed by atoms with Crippen molar-refractivity contribution in [2.45, 2.75) is 58.9 Å². The van der Waals surface area contributed by atoms with Gasteiger partial charge in [-0.15, -0.1) is 0 Å². The summed E-state index contributed by atoms with van der Waals surface area (Å²) in [7, 11) is 0. The van der Waals surface area contributed by atoms with Gasteiger partial charge in [0.15, 0.2) is 0 Å². The first-order valence-corrected chi connectivity index (χ1v) is 10.5. The molecule has 7 heteroatoms. The number of ether oxygens (including phenoxy) is 4. The van der Waals surface area contributed by atoms with Gasteiger partial charge in [-0.2, -0.15) is 0 Å². The summed E-state index contributed by atoms with van der Waals surface area (Å²) in [5.41, 5.74) is 0. The molecular formula is C20H42N2O5. The lowest BCUT2D eigenvalue weighted by molar-refractivity contribution is -0.122. The van der Waals surface area contributed by atoms with Crippen molar-refractivity contribution in [2.24, 2.45) is 0 Å². The van der Waals surface area contributed by atoms with Crippen molar-refractivity contribution in [1.29, 1.82) is 0 Å². The maximum atomic E-state index is 11.5. The molecule has 0 aliphatic heterocycles. The average molecular weight is 391 g/mol. The highest BCUT2D eigenvalue weighted by molar-refractivity contribution is 5.75. The zero-order valence-corrected chi connectivity index (χ0v) is 17.7. The Morgan fingerprint density at radius 2 is 1.33 bits per heavy atom. The first-order chi connectivity index (χ1) is 13.2. The van der Waals surface area contributed by atoms with Gasteiger partial charge in [0.25, 0.3) is 0 Å². The zero-order chi connectivity index (χ0) is 20.0. The molecule has 1 amide bonds. The van der Waals surface area contributed by atoms with Crippen molar-refractivity contribution in [2.75, 3.05) is 65.9 Å². The number of nitrogens with one attached hydrogen (secondary N) is 2. The van der Waals surface area contributed by atoms with E-state index in [0.717, 1.165) is 38.8 Å². The van der Waals surface area contributed by atoms with E-state index in [4.69, 9.17) is 18.9 Å². The smallest absolute Gasteiger partial charge is 0.222 e. The van der Waals surface area contributed by atoms with Crippen molar-refractivity contribution in [1.82, 2.24) is 10.6 Å². The highest BCUT2D eigenvalue weighted by Crippen LogP contribution is 1.92. The van der Waals surface area contributed by atoms with Crippen LogP contribution >= 0.6 is 0 Å². The summed E-state index contributed by atoms with van der Waals surface area (Å²) < 4.78 is 21.7. The van der Waals surface area contributed by atoms with E-state index in [1.807, 2.05) is 0 Å². The summed E-state index contributed by atoms with van der Waals surface area (Å²) in [4.78, 5) is 11.5. The van der Waals surface area contributed by atoms with Gasteiger partial charge in [-0.3, -0.25) is 4.79 Å². The van der Waals surface area contributed by atoms with Crippen molar-refractivity contribution >= 4 is 5.91 Å². The molecule has 0 saturated carbocycles. The number of rotatable bonds is 21. The van der Waals surface area contributed by atoms with E-state index >= 15 is 0 Å². The molecule has 0 rings (SSSR count). The molecule has 0 aliphatic rings. The number of unbranched alkanes of at least 4 members (excludes halogenated alkanes) is 2. The Balaban J connectivity index is 3.11. The number of hydrogen-bond donors (Lipinski definition) is 2. The average Bonchev–Trinajstić information content (AvgIpc) is 2.68. The summed E-state index contributed by atoms with van der Waals surface area (Å²) in [5.74, 6) is 0.0540. The Labute approximate surface area is 165 Å². The minimum Gasteiger partial charge on any atom is -0.379 e. The second kappa shape index (κ2) is 21.6. The van der Waals surface area contributed by atoms with Crippen LogP contribution in [0.5, 0.6) is 0 Å². The Bertz CT molecular complexity index is 319. The van der Waals surface area contributed by atoms with E-state index in [1.165, 1.54) is 0 Å². The molecule has 0 heterocycles. The van der Waals surface area contributed by atoms with Crippen molar-refractivity contribution in [3.8, 4) is 0 Å². The topological polar surface area (TPSA) is 78.1 Å². The molecule has 0 aromatic carbocycles. The summed E-state index contributed by atoms with van der Waals surface area (Å²) in [6.07, 6.45) is 4.89. The monoisotopic (exact) mass is 390 g/mol. The molecule has 27 heavy (non-hydrogen) atoms. The number of amides is 1. The molecule has 2 N–H and O–H groups in total. The van der Waals surface area contributed by atoms with Crippen LogP contribution < -0.4 is 10.6 Å². The molecule has 1 unspecified atom stereocenters. The third-order valence-corrected chi connectivity index (χ3v) is 4.04. The minimum atomic E-state index is 0.0540. The molecule has 0 aliphatic carbocycles. The maximum absolute atomic E-state index is 11.5. The molecule has 0 spiro atoms. The Morgan fingerprint density at radius 1 is 0.778 bits per heavy atom. The van der Waals surface area contributed by atoms with Gasteiger partial charge in [-0.1, -0.05) is 26.7 Å². The lowest BCUT2D eigenvalue weighted by atomic mass is 10.2. The summed E-state index contributed by atoms with van der Waals surface area (Å²) in [5, 5.41) is 6.26. The normalized spacial score (nSPS) is 12.3. The van der Waals surface area contributed by atoms with Gasteiger partial charge in [-0.25, -0.2) is 0 Å². The van der Waals surface area contributed by atoms with Crippen LogP contribution in [0.15, 0.2) is 0 Å². The molecule has 1 atom stereocenters. The Hall–Kier alpha value is -0.730. The molecule has 0 bridgehead atoms. The second-order valence-electron chi connectivity index (χ2n) is 6.52. The van der Waals surface area contributed by atoms with E-state index in [0.29, 0.717) is 65.3 Å². The third-order valence-electron chi connectivity index (χ3n) is 4.04. The van der Waals surface area contributed by atoms with E-state index in [1.54, 1.807) is 0 Å². The van der Waals surface area contributed by atoms with Gasteiger partial charge < -0.3 is 29.6 Å². The largest absolute Gasteiger partial charge is 0.379 e. The summed E-state index contributed by atoms with van der Waals surface area (Å²) >= 11 is 0. The number of hydrogen-bond acceptors (Lipinski definition) is 6. The van der Waals surface area contributed by atoms with Crippen LogP contribution in [0.2, 0.25) is 0 Å². The highest BCUT2D eigenvalue weighted by atomic mass is 16.6. The van der Waals surface area contributed by atoms with E-state index < -0.39 is 0 Å². The fraction of sp³-hybridized carbons (Fsp3) is 0.950. The summed E-state index contributed by atoms with van der Waals surface area (Å²) in [6, 6.07) is 0.540. The molecule has 7 nitrogen and oxygen atoms in total. The van der Waals surface area contributed by atoms with Crippen LogP contribution in [0.4, 0.5) is 0 Å². The lowest BCUT2D eigenvalue weighted by Crippen LogP contribution is -2.29. The molecule has 0 saturated heterocycles. The highest BCUT2D eigenvalue weighted by Gasteiger charge is 2.00. The van der Waals surface area contributed by atoms with Crippen molar-refractivity contribution in [3.63, 3.8) is 0 Å². The standard InChI is InChI=1S/C20H42N2O5/c1-4-6-7-9-22-20(23)8-11-24-13-15-26-17-18-27-16-14-25-12-10-21-19(3)5-2/h19,21H,4-18H2,1-3H3,(H,22,23). The van der Waals surface area contributed by atoms with Crippen LogP contribution in [0.1, 0.15) is 52.9 Å². The lowest BCUT2D eigenvalue weighted by Gasteiger charge is -2.11. The fourth-order valence-electron chi connectivity index (χ4n) is 2.14. The van der Waals surface area contributed by atoms with Gasteiger partial charge in [0.1, 0.15) is 0 Å². The SMILES string of the molecule is CCCCCNC(=O)CCOCCOCCOCCOCCNC(C)CC. The van der Waals surface area contributed by atoms with Crippen molar-refractivity contribution in [3.05, 3.63) is 0 Å². The quantitative estimate of drug-likeness (QED) is 0.292. The fourth-order valence-corrected chi connectivity index (χ4v) is 2.14. The van der Waals surface area contributed by atoms with Gasteiger partial charge in [0.2, 0.25) is 5.91 Å². The first-order valence-electron chi connectivity index (χ1n) is 10.5. The molecular weight excluding hydrogens is 348 g/mol. The maximum Gasteiger partial charge on any atom is 0.222 e. The zero-order valence-electron chi connectivity index (χ0n) is 17.7. The van der Waals surface area contributed by atoms with Crippen LogP contribution in [-0.2, 0) is 23.7 Å². The van der Waals surface area contributed by atoms with Gasteiger partial charge in [-0.05, 0) is 19.8 Å². The number of carbonyl (C=O) groups excluding carboxylic acids is 1. The van der Waals surface area contributed by atoms with Crippen LogP contribution in [0, 0.1) is 0 Å². The molecule has 0 fully saturated rings. The van der Waals surface area contributed by atoms with E-state index in [9.17, 15) is 4.79 Å².